The van der Waals surface area contributed by atoms with E-state index in [2.05, 4.69) is 63.1 Å². The number of rotatable bonds is 4. The molecule has 0 aliphatic carbocycles. The number of benzene rings is 2. The minimum Gasteiger partial charge on any atom is -0.497 e. The summed E-state index contributed by atoms with van der Waals surface area (Å²) in [6, 6.07) is 10.2. The van der Waals surface area contributed by atoms with Crippen LogP contribution in [0.2, 0.25) is 0 Å². The quantitative estimate of drug-likeness (QED) is 0.536. The molecule has 0 fully saturated rings. The van der Waals surface area contributed by atoms with Crippen molar-refractivity contribution in [3.05, 3.63) is 45.3 Å². The van der Waals surface area contributed by atoms with Crippen molar-refractivity contribution in [2.24, 2.45) is 0 Å². The third-order valence-electron chi connectivity index (χ3n) is 3.21. The van der Waals surface area contributed by atoms with Gasteiger partial charge in [-0.3, -0.25) is 0 Å². The number of carbonyl (C=O) groups excluding carboxylic acids is 1. The topological polar surface area (TPSA) is 105 Å². The van der Waals surface area contributed by atoms with Crippen molar-refractivity contribution in [1.82, 2.24) is 20.6 Å². The number of urea groups is 1. The lowest BCUT2D eigenvalue weighted by molar-refractivity contribution is 0.262. The molecule has 0 unspecified atom stereocenters. The molecule has 128 valence electrons. The number of ether oxygens (including phenoxy) is 1. The van der Waals surface area contributed by atoms with E-state index in [9.17, 15) is 4.79 Å². The Hall–Kier alpha value is -2.46. The number of nitrogens with one attached hydrogen (secondary N) is 3. The first-order valence-corrected chi connectivity index (χ1v) is 8.60. The highest BCUT2D eigenvalue weighted by Crippen LogP contribution is 2.35. The van der Waals surface area contributed by atoms with Gasteiger partial charge in [0.15, 0.2) is 0 Å². The average Bonchev–Trinajstić information content (AvgIpc) is 3.11. The van der Waals surface area contributed by atoms with E-state index in [0.29, 0.717) is 33.0 Å². The zero-order chi connectivity index (χ0) is 17.8. The number of anilines is 2. The largest absolute Gasteiger partial charge is 0.497 e. The second kappa shape index (κ2) is 7.62. The maximum absolute atomic E-state index is 12.4. The minimum atomic E-state index is -0.416. The van der Waals surface area contributed by atoms with Crippen LogP contribution in [0.3, 0.4) is 0 Å². The van der Waals surface area contributed by atoms with E-state index in [1.165, 1.54) is 0 Å². The molecule has 2 amide bonds. The van der Waals surface area contributed by atoms with E-state index in [1.54, 1.807) is 37.4 Å². The number of hydrogen-bond acceptors (Lipinski definition) is 5. The van der Waals surface area contributed by atoms with Crippen molar-refractivity contribution < 1.29 is 9.53 Å². The van der Waals surface area contributed by atoms with Gasteiger partial charge in [-0.2, -0.15) is 5.21 Å². The molecule has 0 spiro atoms. The average molecular weight is 468 g/mol. The van der Waals surface area contributed by atoms with Gasteiger partial charge >= 0.3 is 6.03 Å². The molecule has 2 aromatic carbocycles. The van der Waals surface area contributed by atoms with Gasteiger partial charge in [-0.05, 0) is 45.4 Å². The molecule has 3 rings (SSSR count). The normalized spacial score (nSPS) is 10.4. The highest BCUT2D eigenvalue weighted by atomic mass is 79.9. The molecule has 1 heterocycles. The second-order valence-corrected chi connectivity index (χ2v) is 6.63. The summed E-state index contributed by atoms with van der Waals surface area (Å²) in [5, 5.41) is 19.4. The van der Waals surface area contributed by atoms with Crippen molar-refractivity contribution in [3.63, 3.8) is 0 Å². The van der Waals surface area contributed by atoms with E-state index in [4.69, 9.17) is 4.74 Å². The van der Waals surface area contributed by atoms with Crippen LogP contribution in [-0.4, -0.2) is 33.8 Å². The lowest BCUT2D eigenvalue weighted by Crippen LogP contribution is -2.20. The van der Waals surface area contributed by atoms with Gasteiger partial charge in [0.2, 0.25) is 5.82 Å². The van der Waals surface area contributed by atoms with Crippen LogP contribution in [-0.2, 0) is 0 Å². The molecule has 0 atom stereocenters. The third kappa shape index (κ3) is 4.15. The molecular weight excluding hydrogens is 456 g/mol. The van der Waals surface area contributed by atoms with Crippen LogP contribution in [0.1, 0.15) is 0 Å². The fourth-order valence-corrected chi connectivity index (χ4v) is 3.45. The summed E-state index contributed by atoms with van der Waals surface area (Å²) < 4.78 is 6.62. The summed E-state index contributed by atoms with van der Waals surface area (Å²) in [5.74, 6) is 1.01. The van der Waals surface area contributed by atoms with E-state index < -0.39 is 6.03 Å². The Morgan fingerprint density at radius 3 is 2.76 bits per heavy atom. The third-order valence-corrected chi connectivity index (χ3v) is 4.29. The maximum Gasteiger partial charge on any atom is 0.323 e. The van der Waals surface area contributed by atoms with E-state index in [-0.39, 0.29) is 0 Å². The minimum absolute atomic E-state index is 0.360. The van der Waals surface area contributed by atoms with E-state index >= 15 is 0 Å². The Kier molecular flexibility index (Phi) is 5.29. The first-order chi connectivity index (χ1) is 12.1. The zero-order valence-corrected chi connectivity index (χ0v) is 16.1. The Labute approximate surface area is 159 Å². The Morgan fingerprint density at radius 1 is 1.20 bits per heavy atom. The molecule has 0 aliphatic rings. The number of methoxy groups -OCH3 is 1. The molecular formula is C15H12Br2N6O2. The smallest absolute Gasteiger partial charge is 0.323 e. The molecule has 0 radical (unpaired) electrons. The highest BCUT2D eigenvalue weighted by Gasteiger charge is 2.16. The number of tetrazole rings is 1. The summed E-state index contributed by atoms with van der Waals surface area (Å²) in [6.07, 6.45) is 0. The number of hydrogen-bond donors (Lipinski definition) is 3. The summed E-state index contributed by atoms with van der Waals surface area (Å²) in [4.78, 5) is 12.4. The lowest BCUT2D eigenvalue weighted by atomic mass is 10.1. The summed E-state index contributed by atoms with van der Waals surface area (Å²) >= 11 is 6.85. The Balaban J connectivity index is 1.86. The lowest BCUT2D eigenvalue weighted by Gasteiger charge is -2.13. The summed E-state index contributed by atoms with van der Waals surface area (Å²) in [7, 11) is 1.56. The van der Waals surface area contributed by atoms with Crippen molar-refractivity contribution >= 4 is 49.3 Å². The monoisotopic (exact) mass is 466 g/mol. The molecule has 3 N–H and O–H groups in total. The molecule has 0 saturated heterocycles. The fourth-order valence-electron chi connectivity index (χ4n) is 2.13. The van der Waals surface area contributed by atoms with Crippen LogP contribution < -0.4 is 15.4 Å². The standard InChI is InChI=1S/C15H12Br2N6O2/c1-25-10-4-2-3-9(7-10)18-15(24)19-13-11(14-20-22-23-21-14)5-8(16)6-12(13)17/h2-7H,1H3,(H2,18,19,24)(H,20,21,22,23). The Bertz CT molecular complexity index is 901. The fraction of sp³-hybridized carbons (Fsp3) is 0.0667. The van der Waals surface area contributed by atoms with Crippen LogP contribution in [0.25, 0.3) is 11.4 Å². The van der Waals surface area contributed by atoms with Crippen molar-refractivity contribution in [3.8, 4) is 17.1 Å². The van der Waals surface area contributed by atoms with Crippen LogP contribution in [0.4, 0.5) is 16.2 Å². The number of halogens is 2. The van der Waals surface area contributed by atoms with Gasteiger partial charge in [-0.25, -0.2) is 4.79 Å². The van der Waals surface area contributed by atoms with Crippen molar-refractivity contribution in [2.45, 2.75) is 0 Å². The van der Waals surface area contributed by atoms with Gasteiger partial charge in [0.1, 0.15) is 5.75 Å². The Morgan fingerprint density at radius 2 is 2.04 bits per heavy atom. The first kappa shape index (κ1) is 17.4. The van der Waals surface area contributed by atoms with Gasteiger partial charge in [0, 0.05) is 26.3 Å². The summed E-state index contributed by atoms with van der Waals surface area (Å²) in [5.41, 5.74) is 1.73. The number of H-pyrrole nitrogens is 1. The van der Waals surface area contributed by atoms with Crippen molar-refractivity contribution in [2.75, 3.05) is 17.7 Å². The van der Waals surface area contributed by atoms with Crippen LogP contribution in [0.5, 0.6) is 5.75 Å². The molecule has 10 heteroatoms. The van der Waals surface area contributed by atoms with Crippen LogP contribution in [0.15, 0.2) is 45.3 Å². The first-order valence-electron chi connectivity index (χ1n) is 7.01. The van der Waals surface area contributed by atoms with Gasteiger partial charge in [-0.15, -0.1) is 10.2 Å². The van der Waals surface area contributed by atoms with Crippen molar-refractivity contribution in [1.29, 1.82) is 0 Å². The number of nitrogens with zero attached hydrogens (tertiary/aromatic N) is 3. The molecule has 0 aliphatic heterocycles. The van der Waals surface area contributed by atoms with E-state index in [1.807, 2.05) is 6.07 Å². The molecule has 1 aromatic heterocycles. The predicted octanol–water partition coefficient (Wildman–Crippen LogP) is 4.04. The number of aromatic nitrogens is 4. The van der Waals surface area contributed by atoms with Crippen LogP contribution >= 0.6 is 31.9 Å². The molecule has 0 bridgehead atoms. The van der Waals surface area contributed by atoms with Gasteiger partial charge in [0.25, 0.3) is 0 Å². The van der Waals surface area contributed by atoms with Gasteiger partial charge in [-0.1, -0.05) is 22.0 Å². The number of carbonyl (C=O) groups is 1. The highest BCUT2D eigenvalue weighted by molar-refractivity contribution is 9.11. The van der Waals surface area contributed by atoms with E-state index in [0.717, 1.165) is 4.47 Å². The summed E-state index contributed by atoms with van der Waals surface area (Å²) in [6.45, 7) is 0. The molecule has 3 aromatic rings. The molecule has 0 saturated carbocycles. The number of aromatic amines is 1. The SMILES string of the molecule is COc1cccc(NC(=O)Nc2c(Br)cc(Br)cc2-c2nn[nH]n2)c1. The predicted molar refractivity (Wildman–Crippen MR) is 101 cm³/mol. The maximum atomic E-state index is 12.4. The molecule has 8 nitrogen and oxygen atoms in total. The zero-order valence-electron chi connectivity index (χ0n) is 12.9. The van der Waals surface area contributed by atoms with Gasteiger partial charge < -0.3 is 15.4 Å². The van der Waals surface area contributed by atoms with Gasteiger partial charge in [0.05, 0.1) is 12.8 Å². The molecule has 25 heavy (non-hydrogen) atoms. The van der Waals surface area contributed by atoms with Crippen LogP contribution in [0, 0.1) is 0 Å². The second-order valence-electron chi connectivity index (χ2n) is 4.86. The number of amides is 2.